The number of hydrogen-bond acceptors (Lipinski definition) is 3. The summed E-state index contributed by atoms with van der Waals surface area (Å²) < 4.78 is 7.65. The first kappa shape index (κ1) is 10.4. The smallest absolute Gasteiger partial charge is 0.206 e. The summed E-state index contributed by atoms with van der Waals surface area (Å²) in [4.78, 5) is 6.77. The van der Waals surface area contributed by atoms with E-state index < -0.39 is 0 Å². The first-order chi connectivity index (χ1) is 8.20. The van der Waals surface area contributed by atoms with Crippen molar-refractivity contribution in [3.8, 4) is 5.75 Å². The van der Waals surface area contributed by atoms with Crippen molar-refractivity contribution < 1.29 is 4.74 Å². The maximum atomic E-state index is 5.34. The number of benzene rings is 1. The molecule has 1 aliphatic rings. The number of aromatic nitrogens is 2. The van der Waals surface area contributed by atoms with E-state index in [1.807, 2.05) is 20.2 Å². The van der Waals surface area contributed by atoms with Crippen molar-refractivity contribution in [2.24, 2.45) is 0 Å². The van der Waals surface area contributed by atoms with Crippen molar-refractivity contribution in [3.63, 3.8) is 0 Å². The molecule has 2 aromatic rings. The molecule has 4 nitrogen and oxygen atoms in total. The highest BCUT2D eigenvalue weighted by molar-refractivity contribution is 5.84. The van der Waals surface area contributed by atoms with Crippen LogP contribution in [-0.2, 0) is 13.0 Å². The molecule has 0 aliphatic carbocycles. The average Bonchev–Trinajstić information content (AvgIpc) is 2.70. The van der Waals surface area contributed by atoms with Gasteiger partial charge in [0.15, 0.2) is 0 Å². The number of ether oxygens (including phenoxy) is 1. The number of rotatable bonds is 2. The van der Waals surface area contributed by atoms with Gasteiger partial charge in [0.05, 0.1) is 18.1 Å². The van der Waals surface area contributed by atoms with Crippen LogP contribution in [0.25, 0.3) is 11.0 Å². The first-order valence-corrected chi connectivity index (χ1v) is 5.95. The van der Waals surface area contributed by atoms with Crippen molar-refractivity contribution in [1.82, 2.24) is 9.55 Å². The fraction of sp³-hybridized carbons (Fsp3) is 0.462. The van der Waals surface area contributed by atoms with E-state index in [1.54, 1.807) is 7.11 Å². The van der Waals surface area contributed by atoms with Gasteiger partial charge in [-0.05, 0) is 24.5 Å². The molecule has 4 heteroatoms. The summed E-state index contributed by atoms with van der Waals surface area (Å²) in [6.45, 7) is 1.06. The van der Waals surface area contributed by atoms with E-state index in [2.05, 4.69) is 15.5 Å². The highest BCUT2D eigenvalue weighted by atomic mass is 16.5. The number of methoxy groups -OCH3 is 1. The van der Waals surface area contributed by atoms with Gasteiger partial charge in [0.2, 0.25) is 5.95 Å². The van der Waals surface area contributed by atoms with E-state index in [1.165, 1.54) is 17.5 Å². The van der Waals surface area contributed by atoms with Crippen LogP contribution in [0.3, 0.4) is 0 Å². The van der Waals surface area contributed by atoms with Gasteiger partial charge in [-0.3, -0.25) is 0 Å². The minimum atomic E-state index is 0.907. The Bertz CT molecular complexity index is 572. The predicted molar refractivity (Wildman–Crippen MR) is 68.9 cm³/mol. The molecular weight excluding hydrogens is 214 g/mol. The summed E-state index contributed by atoms with van der Waals surface area (Å²) >= 11 is 0. The van der Waals surface area contributed by atoms with Crippen LogP contribution in [0.15, 0.2) is 12.1 Å². The summed E-state index contributed by atoms with van der Waals surface area (Å²) in [6.07, 6.45) is 2.29. The van der Waals surface area contributed by atoms with Crippen LogP contribution in [0.1, 0.15) is 12.0 Å². The van der Waals surface area contributed by atoms with Crippen LogP contribution in [0, 0.1) is 0 Å². The lowest BCUT2D eigenvalue weighted by Crippen LogP contribution is -2.17. The maximum Gasteiger partial charge on any atom is 0.206 e. The molecule has 1 aromatic heterocycles. The zero-order valence-electron chi connectivity index (χ0n) is 10.5. The molecule has 0 amide bonds. The Balaban J connectivity index is 2.33. The second-order valence-corrected chi connectivity index (χ2v) is 4.72. The lowest BCUT2D eigenvalue weighted by atomic mass is 10.0. The molecule has 17 heavy (non-hydrogen) atoms. The van der Waals surface area contributed by atoms with Gasteiger partial charge in [-0.1, -0.05) is 0 Å². The Morgan fingerprint density at radius 1 is 1.35 bits per heavy atom. The Hall–Kier alpha value is -1.71. The molecule has 0 N–H and O–H groups in total. The van der Waals surface area contributed by atoms with E-state index >= 15 is 0 Å². The molecule has 0 saturated carbocycles. The highest BCUT2D eigenvalue weighted by Gasteiger charge is 2.19. The highest BCUT2D eigenvalue weighted by Crippen LogP contribution is 2.32. The normalized spacial score (nSPS) is 14.1. The van der Waals surface area contributed by atoms with E-state index in [0.29, 0.717) is 0 Å². The van der Waals surface area contributed by atoms with Crippen molar-refractivity contribution in [1.29, 1.82) is 0 Å². The predicted octanol–water partition coefficient (Wildman–Crippen LogP) is 2.06. The van der Waals surface area contributed by atoms with E-state index in [0.717, 1.165) is 30.2 Å². The average molecular weight is 231 g/mol. The topological polar surface area (TPSA) is 30.3 Å². The summed E-state index contributed by atoms with van der Waals surface area (Å²) in [5.74, 6) is 1.94. The molecular formula is C13H17N3O. The Morgan fingerprint density at radius 3 is 2.88 bits per heavy atom. The molecule has 0 spiro atoms. The van der Waals surface area contributed by atoms with Crippen LogP contribution in [-0.4, -0.2) is 30.8 Å². The Morgan fingerprint density at radius 2 is 2.18 bits per heavy atom. The number of hydrogen-bond donors (Lipinski definition) is 0. The fourth-order valence-corrected chi connectivity index (χ4v) is 2.60. The van der Waals surface area contributed by atoms with Gasteiger partial charge >= 0.3 is 0 Å². The zero-order valence-corrected chi connectivity index (χ0v) is 10.5. The largest absolute Gasteiger partial charge is 0.497 e. The van der Waals surface area contributed by atoms with Crippen LogP contribution < -0.4 is 9.64 Å². The standard InChI is InChI=1S/C13H17N3O/c1-15(2)13-14-11-8-10(17-3)7-9-5-4-6-16(13)12(9)11/h7-8H,4-6H2,1-3H3. The van der Waals surface area contributed by atoms with Gasteiger partial charge in [0, 0.05) is 26.7 Å². The minimum absolute atomic E-state index is 0.907. The SMILES string of the molecule is COc1cc2c3c(c1)nc(N(C)C)n3CCC2. The van der Waals surface area contributed by atoms with Crippen molar-refractivity contribution >= 4 is 17.0 Å². The number of aryl methyl sites for hydroxylation is 2. The molecule has 0 fully saturated rings. The fourth-order valence-electron chi connectivity index (χ4n) is 2.60. The summed E-state index contributed by atoms with van der Waals surface area (Å²) in [5.41, 5.74) is 3.68. The lowest BCUT2D eigenvalue weighted by Gasteiger charge is -2.19. The van der Waals surface area contributed by atoms with Gasteiger partial charge in [-0.15, -0.1) is 0 Å². The van der Waals surface area contributed by atoms with E-state index in [4.69, 9.17) is 9.72 Å². The Labute approximate surface area is 101 Å². The van der Waals surface area contributed by atoms with E-state index in [-0.39, 0.29) is 0 Å². The maximum absolute atomic E-state index is 5.34. The molecule has 3 rings (SSSR count). The number of anilines is 1. The van der Waals surface area contributed by atoms with Gasteiger partial charge < -0.3 is 14.2 Å². The molecule has 2 heterocycles. The summed E-state index contributed by atoms with van der Waals surface area (Å²) in [7, 11) is 5.78. The van der Waals surface area contributed by atoms with Crippen molar-refractivity contribution in [3.05, 3.63) is 17.7 Å². The van der Waals surface area contributed by atoms with Gasteiger partial charge in [0.1, 0.15) is 5.75 Å². The van der Waals surface area contributed by atoms with Gasteiger partial charge in [-0.2, -0.15) is 0 Å². The minimum Gasteiger partial charge on any atom is -0.497 e. The van der Waals surface area contributed by atoms with Crippen LogP contribution in [0.2, 0.25) is 0 Å². The molecule has 90 valence electrons. The second-order valence-electron chi connectivity index (χ2n) is 4.72. The number of nitrogens with zero attached hydrogens (tertiary/aromatic N) is 3. The van der Waals surface area contributed by atoms with Crippen molar-refractivity contribution in [2.45, 2.75) is 19.4 Å². The van der Waals surface area contributed by atoms with Gasteiger partial charge in [-0.25, -0.2) is 4.98 Å². The Kier molecular flexibility index (Phi) is 2.24. The first-order valence-electron chi connectivity index (χ1n) is 5.95. The third kappa shape index (κ3) is 1.47. The van der Waals surface area contributed by atoms with Crippen LogP contribution >= 0.6 is 0 Å². The third-order valence-electron chi connectivity index (χ3n) is 3.34. The third-order valence-corrected chi connectivity index (χ3v) is 3.34. The quantitative estimate of drug-likeness (QED) is 0.792. The number of imidazole rings is 1. The van der Waals surface area contributed by atoms with Gasteiger partial charge in [0.25, 0.3) is 0 Å². The molecule has 1 aromatic carbocycles. The summed E-state index contributed by atoms with van der Waals surface area (Å²) in [5, 5.41) is 0. The van der Waals surface area contributed by atoms with Crippen molar-refractivity contribution in [2.75, 3.05) is 26.1 Å². The molecule has 0 atom stereocenters. The van der Waals surface area contributed by atoms with Crippen LogP contribution in [0.4, 0.5) is 5.95 Å². The lowest BCUT2D eigenvalue weighted by molar-refractivity contribution is 0.414. The summed E-state index contributed by atoms with van der Waals surface area (Å²) in [6, 6.07) is 4.16. The monoisotopic (exact) mass is 231 g/mol. The molecule has 0 bridgehead atoms. The molecule has 0 unspecified atom stereocenters. The molecule has 0 saturated heterocycles. The molecule has 1 aliphatic heterocycles. The van der Waals surface area contributed by atoms with Crippen LogP contribution in [0.5, 0.6) is 5.75 Å². The molecule has 0 radical (unpaired) electrons. The second kappa shape index (κ2) is 3.65. The van der Waals surface area contributed by atoms with E-state index in [9.17, 15) is 0 Å². The zero-order chi connectivity index (χ0) is 12.0.